The molecule has 2 aliphatic heterocycles. The molecule has 0 radical (unpaired) electrons. The molecule has 6 nitrogen and oxygen atoms in total. The smallest absolute Gasteiger partial charge is 0.252 e. The Morgan fingerprint density at radius 3 is 2.46 bits per heavy atom. The molecule has 0 N–H and O–H groups in total. The maximum atomic E-state index is 13.0. The van der Waals surface area contributed by atoms with Crippen LogP contribution >= 0.6 is 22.7 Å². The zero-order chi connectivity index (χ0) is 19.6. The lowest BCUT2D eigenvalue weighted by Crippen LogP contribution is -2.52. The number of sulfonamides is 1. The first-order chi connectivity index (χ1) is 13.5. The first kappa shape index (κ1) is 20.0. The monoisotopic (exact) mass is 439 g/mol. The SMILES string of the molecule is O=C([C@@H]1CCCN(S(=O)(=O)c2cccs2)C1)N1CCN(Cc2cccs2)CC1. The van der Waals surface area contributed by atoms with E-state index in [2.05, 4.69) is 22.4 Å². The number of piperidine rings is 1. The van der Waals surface area contributed by atoms with E-state index in [4.69, 9.17) is 0 Å². The van der Waals surface area contributed by atoms with E-state index in [1.165, 1.54) is 20.5 Å². The second-order valence-corrected chi connectivity index (χ2v) is 11.5. The number of carbonyl (C=O) groups excluding carboxylic acids is 1. The van der Waals surface area contributed by atoms with Crippen LogP contribution in [0, 0.1) is 5.92 Å². The molecular formula is C19H25N3O3S3. The number of hydrogen-bond acceptors (Lipinski definition) is 6. The van der Waals surface area contributed by atoms with E-state index in [-0.39, 0.29) is 11.8 Å². The molecule has 1 atom stereocenters. The van der Waals surface area contributed by atoms with E-state index < -0.39 is 10.0 Å². The Kier molecular flexibility index (Phi) is 6.17. The summed E-state index contributed by atoms with van der Waals surface area (Å²) in [4.78, 5) is 18.7. The van der Waals surface area contributed by atoms with Gasteiger partial charge >= 0.3 is 0 Å². The minimum absolute atomic E-state index is 0.113. The highest BCUT2D eigenvalue weighted by Gasteiger charge is 2.36. The minimum Gasteiger partial charge on any atom is -0.340 e. The van der Waals surface area contributed by atoms with Crippen molar-refractivity contribution in [3.63, 3.8) is 0 Å². The molecule has 2 aromatic heterocycles. The Hall–Kier alpha value is -1.26. The number of nitrogens with zero attached hydrogens (tertiary/aromatic N) is 3. The van der Waals surface area contributed by atoms with Gasteiger partial charge in [-0.25, -0.2) is 8.42 Å². The lowest BCUT2D eigenvalue weighted by Gasteiger charge is -2.38. The number of amides is 1. The van der Waals surface area contributed by atoms with Gasteiger partial charge in [-0.2, -0.15) is 4.31 Å². The fourth-order valence-corrected chi connectivity index (χ4v) is 7.32. The van der Waals surface area contributed by atoms with Crippen LogP contribution in [0.15, 0.2) is 39.2 Å². The molecule has 9 heteroatoms. The van der Waals surface area contributed by atoms with E-state index in [0.29, 0.717) is 17.3 Å². The van der Waals surface area contributed by atoms with E-state index in [1.807, 2.05) is 4.90 Å². The van der Waals surface area contributed by atoms with Crippen LogP contribution in [0.3, 0.4) is 0 Å². The highest BCUT2D eigenvalue weighted by Crippen LogP contribution is 2.27. The topological polar surface area (TPSA) is 60.9 Å². The number of rotatable bonds is 5. The van der Waals surface area contributed by atoms with Crippen molar-refractivity contribution in [1.29, 1.82) is 0 Å². The van der Waals surface area contributed by atoms with Crippen LogP contribution in [0.25, 0.3) is 0 Å². The van der Waals surface area contributed by atoms with Gasteiger partial charge in [-0.05, 0) is 35.7 Å². The molecule has 2 aliphatic rings. The Balaban J connectivity index is 1.33. The van der Waals surface area contributed by atoms with E-state index in [9.17, 15) is 13.2 Å². The highest BCUT2D eigenvalue weighted by molar-refractivity contribution is 7.91. The average molecular weight is 440 g/mol. The van der Waals surface area contributed by atoms with Gasteiger partial charge in [0.15, 0.2) is 0 Å². The maximum Gasteiger partial charge on any atom is 0.252 e. The van der Waals surface area contributed by atoms with Crippen LogP contribution in [-0.4, -0.2) is 67.7 Å². The van der Waals surface area contributed by atoms with Crippen molar-refractivity contribution < 1.29 is 13.2 Å². The summed E-state index contributed by atoms with van der Waals surface area (Å²) in [6.45, 7) is 4.92. The van der Waals surface area contributed by atoms with Gasteiger partial charge < -0.3 is 4.90 Å². The summed E-state index contributed by atoms with van der Waals surface area (Å²) in [6.07, 6.45) is 1.50. The van der Waals surface area contributed by atoms with Crippen LogP contribution < -0.4 is 0 Å². The van der Waals surface area contributed by atoms with Gasteiger partial charge in [-0.15, -0.1) is 22.7 Å². The molecule has 4 heterocycles. The van der Waals surface area contributed by atoms with Gasteiger partial charge in [0.25, 0.3) is 10.0 Å². The minimum atomic E-state index is -3.48. The third-order valence-corrected chi connectivity index (χ3v) is 9.57. The van der Waals surface area contributed by atoms with Crippen LogP contribution in [0.5, 0.6) is 0 Å². The van der Waals surface area contributed by atoms with Gasteiger partial charge in [-0.3, -0.25) is 9.69 Å². The van der Waals surface area contributed by atoms with Crippen molar-refractivity contribution in [1.82, 2.24) is 14.1 Å². The Labute approximate surface area is 174 Å². The quantitative estimate of drug-likeness (QED) is 0.718. The van der Waals surface area contributed by atoms with Crippen molar-refractivity contribution in [3.05, 3.63) is 39.9 Å². The van der Waals surface area contributed by atoms with Crippen LogP contribution in [0.1, 0.15) is 17.7 Å². The number of hydrogen-bond donors (Lipinski definition) is 0. The van der Waals surface area contributed by atoms with E-state index >= 15 is 0 Å². The van der Waals surface area contributed by atoms with Gasteiger partial charge in [0.1, 0.15) is 4.21 Å². The van der Waals surface area contributed by atoms with Gasteiger partial charge in [0.05, 0.1) is 5.92 Å². The molecule has 4 rings (SSSR count). The van der Waals surface area contributed by atoms with Crippen molar-refractivity contribution >= 4 is 38.6 Å². The van der Waals surface area contributed by atoms with Gasteiger partial charge in [0, 0.05) is 50.7 Å². The molecule has 0 bridgehead atoms. The van der Waals surface area contributed by atoms with E-state index in [1.54, 1.807) is 28.8 Å². The zero-order valence-corrected chi connectivity index (χ0v) is 18.1. The zero-order valence-electron chi connectivity index (χ0n) is 15.7. The fourth-order valence-electron chi connectivity index (χ4n) is 3.91. The number of piperazine rings is 1. The normalized spacial score (nSPS) is 22.4. The summed E-state index contributed by atoms with van der Waals surface area (Å²) in [6, 6.07) is 7.60. The lowest BCUT2D eigenvalue weighted by atomic mass is 9.98. The van der Waals surface area contributed by atoms with Crippen molar-refractivity contribution in [2.24, 2.45) is 5.92 Å². The molecule has 0 spiro atoms. The molecule has 1 amide bonds. The Morgan fingerprint density at radius 1 is 1.04 bits per heavy atom. The molecule has 28 heavy (non-hydrogen) atoms. The second-order valence-electron chi connectivity index (χ2n) is 7.32. The Morgan fingerprint density at radius 2 is 1.79 bits per heavy atom. The van der Waals surface area contributed by atoms with Crippen molar-refractivity contribution in [2.75, 3.05) is 39.3 Å². The molecule has 2 fully saturated rings. The standard InChI is InChI=1S/C19H25N3O3S3/c23-19(21-10-8-20(9-11-21)15-17-5-2-12-26-17)16-4-1-7-22(14-16)28(24,25)18-6-3-13-27-18/h2-3,5-6,12-13,16H,1,4,7-11,14-15H2/t16-/m1/s1. The highest BCUT2D eigenvalue weighted by atomic mass is 32.2. The summed E-state index contributed by atoms with van der Waals surface area (Å²) in [7, 11) is -3.48. The van der Waals surface area contributed by atoms with E-state index in [0.717, 1.165) is 45.6 Å². The van der Waals surface area contributed by atoms with Gasteiger partial charge in [-0.1, -0.05) is 12.1 Å². The summed E-state index contributed by atoms with van der Waals surface area (Å²) in [5, 5.41) is 3.86. The number of thiophene rings is 2. The summed E-state index contributed by atoms with van der Waals surface area (Å²) < 4.78 is 27.4. The first-order valence-corrected chi connectivity index (χ1v) is 12.8. The molecule has 0 unspecified atom stereocenters. The predicted octanol–water partition coefficient (Wildman–Crippen LogP) is 2.55. The largest absolute Gasteiger partial charge is 0.340 e. The molecule has 0 aliphatic carbocycles. The molecule has 152 valence electrons. The van der Waals surface area contributed by atoms with Crippen LogP contribution in [-0.2, 0) is 21.4 Å². The van der Waals surface area contributed by atoms with Crippen LogP contribution in [0.4, 0.5) is 0 Å². The van der Waals surface area contributed by atoms with Crippen molar-refractivity contribution in [2.45, 2.75) is 23.6 Å². The summed E-state index contributed by atoms with van der Waals surface area (Å²) in [5.41, 5.74) is 0. The lowest BCUT2D eigenvalue weighted by molar-refractivity contribution is -0.138. The fraction of sp³-hybridized carbons (Fsp3) is 0.526. The average Bonchev–Trinajstić information content (AvgIpc) is 3.43. The number of carbonyl (C=O) groups is 1. The third-order valence-electron chi connectivity index (χ3n) is 5.47. The van der Waals surface area contributed by atoms with Crippen molar-refractivity contribution in [3.8, 4) is 0 Å². The Bertz CT molecular complexity index is 873. The maximum absolute atomic E-state index is 13.0. The van der Waals surface area contributed by atoms with Gasteiger partial charge in [0.2, 0.25) is 5.91 Å². The predicted molar refractivity (Wildman–Crippen MR) is 112 cm³/mol. The molecule has 2 aromatic rings. The molecule has 0 aromatic carbocycles. The summed E-state index contributed by atoms with van der Waals surface area (Å²) in [5.74, 6) is -0.116. The first-order valence-electron chi connectivity index (χ1n) is 9.61. The summed E-state index contributed by atoms with van der Waals surface area (Å²) >= 11 is 3.00. The molecular weight excluding hydrogens is 414 g/mol. The molecule has 2 saturated heterocycles. The van der Waals surface area contributed by atoms with Crippen LogP contribution in [0.2, 0.25) is 0 Å². The third kappa shape index (κ3) is 4.33. The second kappa shape index (κ2) is 8.62. The molecule has 0 saturated carbocycles.